The van der Waals surface area contributed by atoms with Gasteiger partial charge in [0, 0.05) is 70.7 Å². The number of nitrogens with zero attached hydrogens (tertiary/aromatic N) is 5. The van der Waals surface area contributed by atoms with Crippen molar-refractivity contribution in [2.75, 3.05) is 78.1 Å². The zero-order chi connectivity index (χ0) is 51.5. The van der Waals surface area contributed by atoms with Crippen molar-refractivity contribution in [3.8, 4) is 22.9 Å². The molecule has 16 heteroatoms. The van der Waals surface area contributed by atoms with Crippen LogP contribution in [0.5, 0.6) is 17.2 Å². The Morgan fingerprint density at radius 3 is 2.23 bits per heavy atom. The number of carbonyl (C=O) groups is 2. The number of nitrogens with one attached hydrogen (secondary N) is 2. The Hall–Kier alpha value is -6.04. The summed E-state index contributed by atoms with van der Waals surface area (Å²) in [6.07, 6.45) is 4.38. The molecule has 16 nitrogen and oxygen atoms in total. The normalized spacial score (nSPS) is 18.6. The number of piperidine rings is 2. The zero-order valence-corrected chi connectivity index (χ0v) is 43.8. The lowest BCUT2D eigenvalue weighted by Gasteiger charge is -2.50. The highest BCUT2D eigenvalue weighted by Crippen LogP contribution is 2.37. The number of methoxy groups -OCH3 is 1. The molecule has 2 N–H and O–H groups in total. The monoisotopic (exact) mass is 1000 g/mol. The van der Waals surface area contributed by atoms with Crippen LogP contribution in [0, 0.1) is 6.92 Å². The van der Waals surface area contributed by atoms with Crippen LogP contribution in [0.2, 0.25) is 0 Å². The van der Waals surface area contributed by atoms with Gasteiger partial charge in [0.05, 0.1) is 67.0 Å². The molecule has 3 aliphatic heterocycles. The van der Waals surface area contributed by atoms with Crippen molar-refractivity contribution in [2.45, 2.75) is 116 Å². The van der Waals surface area contributed by atoms with E-state index in [0.717, 1.165) is 43.4 Å². The summed E-state index contributed by atoms with van der Waals surface area (Å²) < 4.78 is 37.7. The van der Waals surface area contributed by atoms with Crippen molar-refractivity contribution >= 4 is 28.6 Å². The Kier molecular flexibility index (Phi) is 17.7. The third-order valence-electron chi connectivity index (χ3n) is 14.1. The van der Waals surface area contributed by atoms with Crippen molar-refractivity contribution < 1.29 is 38.0 Å². The fraction of sp³-hybridized carbons (Fsp3) is 0.509. The van der Waals surface area contributed by atoms with Gasteiger partial charge in [-0.05, 0) is 114 Å². The van der Waals surface area contributed by atoms with E-state index in [0.29, 0.717) is 123 Å². The molecule has 0 aliphatic carbocycles. The summed E-state index contributed by atoms with van der Waals surface area (Å²) in [7, 11) is 1.59. The number of para-hydroxylation sites is 3. The molecule has 3 aliphatic rings. The van der Waals surface area contributed by atoms with E-state index in [2.05, 4.69) is 48.1 Å². The first-order valence-electron chi connectivity index (χ1n) is 26.0. The van der Waals surface area contributed by atoms with Crippen molar-refractivity contribution in [3.05, 3.63) is 118 Å². The van der Waals surface area contributed by atoms with E-state index >= 15 is 0 Å². The molecule has 0 spiro atoms. The first-order valence-corrected chi connectivity index (χ1v) is 26.0. The summed E-state index contributed by atoms with van der Waals surface area (Å²) in [6, 6.07) is 29.1. The molecule has 2 amide bonds. The molecule has 73 heavy (non-hydrogen) atoms. The van der Waals surface area contributed by atoms with Gasteiger partial charge in [0.25, 0.3) is 11.5 Å². The number of hydrogen-bond donors (Lipinski definition) is 2. The molecule has 4 heterocycles. The van der Waals surface area contributed by atoms with Gasteiger partial charge in [-0.15, -0.1) is 0 Å². The Balaban J connectivity index is 0.719. The minimum Gasteiger partial charge on any atom is -0.495 e. The summed E-state index contributed by atoms with van der Waals surface area (Å²) in [5.41, 5.74) is 3.11. The Morgan fingerprint density at radius 2 is 1.51 bits per heavy atom. The summed E-state index contributed by atoms with van der Waals surface area (Å²) in [4.78, 5) is 51.8. The van der Waals surface area contributed by atoms with Crippen LogP contribution < -0.4 is 30.4 Å². The lowest BCUT2D eigenvalue weighted by molar-refractivity contribution is -0.135. The molecule has 5 aromatic rings. The highest BCUT2D eigenvalue weighted by molar-refractivity contribution is 5.87. The minimum absolute atomic E-state index is 0.0486. The molecular formula is C57H75N7O9. The topological polar surface area (TPSA) is 158 Å². The standard InChI is InChI=1S/C57H75N7O9/c1-8-69-51-19-12-11-18-49(51)64-52(59-47-17-10-9-16-46(47)54(64)66)36-61-26-28-62(29-27-61)53(65)37-70-44-23-21-41(22-24-44)35-58-38-56(3,4)71-30-31-72-57(5,6)39-63-42-14-13-15-43(63)34-45(33-42)73-55(67)60-48-32-40(2)20-25-50(48)68-7/h9-12,16-25,32,42-43,45,58H,8,13-15,26-31,33-39H2,1-7H3,(H,60,67). The molecular weight excluding hydrogens is 927 g/mol. The summed E-state index contributed by atoms with van der Waals surface area (Å²) in [5.74, 6) is 2.42. The molecule has 1 aromatic heterocycles. The largest absolute Gasteiger partial charge is 0.495 e. The van der Waals surface area contributed by atoms with Crippen LogP contribution >= 0.6 is 0 Å². The number of benzene rings is 4. The highest BCUT2D eigenvalue weighted by Gasteiger charge is 2.42. The molecule has 2 bridgehead atoms. The van der Waals surface area contributed by atoms with Crippen LogP contribution in [-0.2, 0) is 32.1 Å². The highest BCUT2D eigenvalue weighted by atomic mass is 16.6. The Bertz CT molecular complexity index is 2690. The second-order valence-electron chi connectivity index (χ2n) is 20.7. The van der Waals surface area contributed by atoms with Gasteiger partial charge in [-0.25, -0.2) is 9.78 Å². The average molecular weight is 1000 g/mol. The van der Waals surface area contributed by atoms with Gasteiger partial charge in [-0.2, -0.15) is 0 Å². The van der Waals surface area contributed by atoms with Crippen molar-refractivity contribution in [2.24, 2.45) is 0 Å². The van der Waals surface area contributed by atoms with Crippen LogP contribution in [0.4, 0.5) is 10.5 Å². The number of anilines is 1. The smallest absolute Gasteiger partial charge is 0.412 e. The predicted octanol–water partition coefficient (Wildman–Crippen LogP) is 8.14. The van der Waals surface area contributed by atoms with E-state index < -0.39 is 11.7 Å². The third kappa shape index (κ3) is 14.2. The number of ether oxygens (including phenoxy) is 6. The number of carbonyl (C=O) groups excluding carboxylic acids is 2. The van der Waals surface area contributed by atoms with Gasteiger partial charge >= 0.3 is 6.09 Å². The van der Waals surface area contributed by atoms with Crippen molar-refractivity contribution in [3.63, 3.8) is 0 Å². The number of aromatic nitrogens is 2. The summed E-state index contributed by atoms with van der Waals surface area (Å²) >= 11 is 0. The molecule has 4 aromatic carbocycles. The maximum Gasteiger partial charge on any atom is 0.412 e. The second kappa shape index (κ2) is 24.3. The second-order valence-corrected chi connectivity index (χ2v) is 20.7. The number of rotatable bonds is 22. The summed E-state index contributed by atoms with van der Waals surface area (Å²) in [5, 5.41) is 6.97. The van der Waals surface area contributed by atoms with Gasteiger partial charge < -0.3 is 38.6 Å². The van der Waals surface area contributed by atoms with E-state index in [1.165, 1.54) is 6.42 Å². The molecule has 2 unspecified atom stereocenters. The van der Waals surface area contributed by atoms with Crippen LogP contribution in [0.1, 0.15) is 83.7 Å². The van der Waals surface area contributed by atoms with E-state index in [1.807, 2.05) is 104 Å². The first kappa shape index (κ1) is 53.3. The first-order chi connectivity index (χ1) is 35.2. The van der Waals surface area contributed by atoms with Gasteiger partial charge in [0.15, 0.2) is 6.61 Å². The Morgan fingerprint density at radius 1 is 0.808 bits per heavy atom. The van der Waals surface area contributed by atoms with Crippen LogP contribution in [0.15, 0.2) is 95.8 Å². The molecule has 0 radical (unpaired) electrons. The minimum atomic E-state index is -0.443. The number of piperazine rings is 1. The van der Waals surface area contributed by atoms with Crippen LogP contribution in [0.25, 0.3) is 16.6 Å². The molecule has 3 saturated heterocycles. The van der Waals surface area contributed by atoms with Gasteiger partial charge in [0.2, 0.25) is 0 Å². The van der Waals surface area contributed by atoms with Gasteiger partial charge in [-0.3, -0.25) is 29.3 Å². The molecule has 392 valence electrons. The fourth-order valence-electron chi connectivity index (χ4n) is 10.4. The number of amides is 2. The summed E-state index contributed by atoms with van der Waals surface area (Å²) in [6.45, 7) is 18.6. The fourth-order valence-corrected chi connectivity index (χ4v) is 10.4. The van der Waals surface area contributed by atoms with Crippen molar-refractivity contribution in [1.82, 2.24) is 29.6 Å². The average Bonchev–Trinajstić information content (AvgIpc) is 3.36. The lowest BCUT2D eigenvalue weighted by atomic mass is 9.82. The van der Waals surface area contributed by atoms with E-state index in [1.54, 1.807) is 17.7 Å². The molecule has 3 fully saturated rings. The third-order valence-corrected chi connectivity index (χ3v) is 14.1. The predicted molar refractivity (Wildman–Crippen MR) is 283 cm³/mol. The number of fused-ring (bicyclic) bond motifs is 3. The quantitative estimate of drug-likeness (QED) is 0.0641. The number of aryl methyl sites for hydroxylation is 1. The lowest BCUT2D eigenvalue weighted by Crippen LogP contribution is -2.58. The molecule has 0 saturated carbocycles. The van der Waals surface area contributed by atoms with E-state index in [-0.39, 0.29) is 29.8 Å². The maximum atomic E-state index is 13.9. The molecule has 8 rings (SSSR count). The zero-order valence-electron chi connectivity index (χ0n) is 43.8. The van der Waals surface area contributed by atoms with Crippen molar-refractivity contribution in [1.29, 1.82) is 0 Å². The Labute approximate surface area is 430 Å². The molecule has 2 atom stereocenters. The van der Waals surface area contributed by atoms with Gasteiger partial charge in [0.1, 0.15) is 29.2 Å². The van der Waals surface area contributed by atoms with Gasteiger partial charge in [-0.1, -0.05) is 48.9 Å². The maximum absolute atomic E-state index is 13.9. The van der Waals surface area contributed by atoms with Crippen LogP contribution in [-0.4, -0.2) is 138 Å². The SMILES string of the molecule is CCOc1ccccc1-n1c(CN2CCN(C(=O)COc3ccc(CNCC(C)(C)OCCOC(C)(C)CN4C5CCCC4CC(OC(=O)Nc4cc(C)ccc4OC)C5)cc3)CC2)nc2ccccc2c1=O. The van der Waals surface area contributed by atoms with E-state index in [4.69, 9.17) is 33.4 Å². The number of hydrogen-bond acceptors (Lipinski definition) is 13. The van der Waals surface area contributed by atoms with E-state index in [9.17, 15) is 14.4 Å². The van der Waals surface area contributed by atoms with Crippen LogP contribution in [0.3, 0.4) is 0 Å².